The van der Waals surface area contributed by atoms with Gasteiger partial charge in [-0.2, -0.15) is 4.99 Å². The molecule has 2 unspecified atom stereocenters. The van der Waals surface area contributed by atoms with Gasteiger partial charge in [0.15, 0.2) is 6.17 Å². The third-order valence-electron chi connectivity index (χ3n) is 8.22. The normalized spacial score (nSPS) is 25.0. The highest BCUT2D eigenvalue weighted by Gasteiger charge is 2.38. The van der Waals surface area contributed by atoms with Crippen LogP contribution >= 0.6 is 0 Å². The fraction of sp³-hybridized carbons (Fsp3) is 0.769. The van der Waals surface area contributed by atoms with Gasteiger partial charge in [-0.05, 0) is 38.5 Å². The molecule has 3 saturated heterocycles. The molecule has 0 spiro atoms. The lowest BCUT2D eigenvalue weighted by Crippen LogP contribution is -2.56. The maximum atomic E-state index is 13.0. The molecule has 16 nitrogen and oxygen atoms in total. The van der Waals surface area contributed by atoms with Crippen LogP contribution in [-0.4, -0.2) is 158 Å². The number of aliphatic imine (C=N–C) groups is 3. The zero-order valence-electron chi connectivity index (χ0n) is 25.0. The fourth-order valence-electron chi connectivity index (χ4n) is 5.92. The first-order chi connectivity index (χ1) is 20.2. The van der Waals surface area contributed by atoms with Gasteiger partial charge in [-0.15, -0.1) is 0 Å². The Balaban J connectivity index is 1.23. The Labute approximate surface area is 247 Å². The molecule has 0 aromatic heterocycles. The number of rotatable bonds is 9. The van der Waals surface area contributed by atoms with Crippen molar-refractivity contribution in [2.24, 2.45) is 15.0 Å². The number of guanidine groups is 2. The maximum Gasteiger partial charge on any atom is 0.242 e. The molecule has 0 aromatic carbocycles. The fourth-order valence-corrected chi connectivity index (χ4v) is 5.92. The Morgan fingerprint density at radius 3 is 1.60 bits per heavy atom. The maximum absolute atomic E-state index is 13.0. The zero-order valence-corrected chi connectivity index (χ0v) is 25.0. The van der Waals surface area contributed by atoms with Crippen LogP contribution < -0.4 is 21.3 Å². The van der Waals surface area contributed by atoms with Crippen molar-refractivity contribution in [2.75, 3.05) is 80.0 Å². The van der Waals surface area contributed by atoms with E-state index in [9.17, 15) is 14.4 Å². The smallest absolute Gasteiger partial charge is 0.242 e. The predicted octanol–water partition coefficient (Wildman–Crippen LogP) is -2.42. The second-order valence-corrected chi connectivity index (χ2v) is 11.5. The zero-order chi connectivity index (χ0) is 29.6. The van der Waals surface area contributed by atoms with Crippen LogP contribution in [0.15, 0.2) is 15.0 Å². The van der Waals surface area contributed by atoms with Crippen LogP contribution in [0.25, 0.3) is 0 Å². The van der Waals surface area contributed by atoms with E-state index in [0.29, 0.717) is 5.84 Å². The minimum Gasteiger partial charge on any atom is -0.342 e. The number of amides is 3. The predicted molar refractivity (Wildman–Crippen MR) is 158 cm³/mol. The van der Waals surface area contributed by atoms with Gasteiger partial charge in [0, 0.05) is 60.4 Å². The molecule has 0 radical (unpaired) electrons. The lowest BCUT2D eigenvalue weighted by molar-refractivity contribution is -0.125. The number of hydrogen-bond donors (Lipinski definition) is 4. The highest BCUT2D eigenvalue weighted by Crippen LogP contribution is 2.15. The van der Waals surface area contributed by atoms with Crippen LogP contribution in [0, 0.1) is 0 Å². The van der Waals surface area contributed by atoms with Crippen molar-refractivity contribution in [3.05, 3.63) is 0 Å². The van der Waals surface area contributed by atoms with Gasteiger partial charge in [-0.3, -0.25) is 25.0 Å². The van der Waals surface area contributed by atoms with Gasteiger partial charge < -0.3 is 10.6 Å². The van der Waals surface area contributed by atoms with Gasteiger partial charge in [-0.25, -0.2) is 40.0 Å². The summed E-state index contributed by atoms with van der Waals surface area (Å²) in [5.41, 5.74) is 0. The van der Waals surface area contributed by atoms with E-state index in [0.717, 1.165) is 77.8 Å². The van der Waals surface area contributed by atoms with E-state index >= 15 is 0 Å². The Morgan fingerprint density at radius 1 is 0.690 bits per heavy atom. The van der Waals surface area contributed by atoms with Gasteiger partial charge in [-0.1, -0.05) is 0 Å². The summed E-state index contributed by atoms with van der Waals surface area (Å²) in [5, 5.41) is 23.8. The minimum absolute atomic E-state index is 0.0752. The van der Waals surface area contributed by atoms with Crippen molar-refractivity contribution < 1.29 is 14.4 Å². The van der Waals surface area contributed by atoms with Gasteiger partial charge >= 0.3 is 0 Å². The molecule has 5 heterocycles. The molecule has 3 fully saturated rings. The number of carbonyl (C=O) groups is 3. The first kappa shape index (κ1) is 30.4. The van der Waals surface area contributed by atoms with Crippen LogP contribution in [0.4, 0.5) is 0 Å². The van der Waals surface area contributed by atoms with Crippen molar-refractivity contribution in [2.45, 2.75) is 50.7 Å². The van der Waals surface area contributed by atoms with Crippen molar-refractivity contribution in [1.82, 2.24) is 51.3 Å². The number of likely N-dealkylation sites (N-methyl/N-ethyl adjacent to an activating group) is 3. The largest absolute Gasteiger partial charge is 0.342 e. The molecule has 4 N–H and O–H groups in total. The molecular weight excluding hydrogens is 542 g/mol. The Hall–Kier alpha value is -3.02. The van der Waals surface area contributed by atoms with E-state index in [2.05, 4.69) is 51.3 Å². The number of carbonyl (C=O) groups excluding carboxylic acids is 3. The molecule has 0 saturated carbocycles. The number of hydrazine groups is 3. The highest BCUT2D eigenvalue weighted by atomic mass is 16.2. The standard InChI is InChI=1S/C26H45N13O3/c1-34(37-10-4-5-11-37)16-19(40)27-23-22-24(32-25(30-22)28-20(41)17-35(2)38-12-6-7-13-38)33-26(31-23)29-21(42)18-36(3)39-14-8-9-15-39/h22,24H,4-18H2,1-3H3,(H2,28,30,32,41)(H2,27,29,31,33,40,42). The molecule has 5 rings (SSSR count). The van der Waals surface area contributed by atoms with Gasteiger partial charge in [0.25, 0.3) is 0 Å². The SMILES string of the molecule is CN(CC(=O)NC1=NC2N=C(NC(=O)CN(C)N3CCCC3)NC2C(NC(=O)CN(C)N2CCCC2)=N1)N1CCCC1. The van der Waals surface area contributed by atoms with Crippen LogP contribution in [0.2, 0.25) is 0 Å². The van der Waals surface area contributed by atoms with Crippen molar-refractivity contribution in [1.29, 1.82) is 0 Å². The summed E-state index contributed by atoms with van der Waals surface area (Å²) < 4.78 is 0. The summed E-state index contributed by atoms with van der Waals surface area (Å²) in [6.45, 7) is 6.08. The number of amidine groups is 1. The molecule has 0 bridgehead atoms. The lowest BCUT2D eigenvalue weighted by Gasteiger charge is -2.29. The third kappa shape index (κ3) is 7.87. The lowest BCUT2D eigenvalue weighted by atomic mass is 10.2. The summed E-state index contributed by atoms with van der Waals surface area (Å²) in [5.74, 6) is -0.100. The topological polar surface area (TPSA) is 156 Å². The Bertz CT molecular complexity index is 1090. The van der Waals surface area contributed by atoms with Gasteiger partial charge in [0.2, 0.25) is 29.6 Å². The summed E-state index contributed by atoms with van der Waals surface area (Å²) in [4.78, 5) is 52.3. The van der Waals surface area contributed by atoms with E-state index in [1.807, 2.05) is 36.2 Å². The molecule has 5 aliphatic heterocycles. The quantitative estimate of drug-likeness (QED) is 0.229. The molecule has 16 heteroatoms. The molecule has 42 heavy (non-hydrogen) atoms. The van der Waals surface area contributed by atoms with Crippen LogP contribution in [0.3, 0.4) is 0 Å². The number of fused-ring (bicyclic) bond motifs is 1. The first-order valence-corrected chi connectivity index (χ1v) is 15.0. The van der Waals surface area contributed by atoms with E-state index in [1.54, 1.807) is 0 Å². The molecule has 3 amide bonds. The number of nitrogens with zero attached hydrogens (tertiary/aromatic N) is 9. The minimum atomic E-state index is -0.715. The number of nitrogens with one attached hydrogen (secondary N) is 4. The van der Waals surface area contributed by atoms with Crippen LogP contribution in [0.1, 0.15) is 38.5 Å². The van der Waals surface area contributed by atoms with E-state index < -0.39 is 12.2 Å². The Kier molecular flexibility index (Phi) is 10.1. The molecular formula is C26H45N13O3. The van der Waals surface area contributed by atoms with Crippen molar-refractivity contribution in [3.8, 4) is 0 Å². The first-order valence-electron chi connectivity index (χ1n) is 15.0. The molecule has 0 aromatic rings. The molecule has 2 atom stereocenters. The average Bonchev–Trinajstić information content (AvgIpc) is 3.75. The van der Waals surface area contributed by atoms with E-state index in [4.69, 9.17) is 0 Å². The average molecular weight is 588 g/mol. The summed E-state index contributed by atoms with van der Waals surface area (Å²) in [6.07, 6.45) is 5.97. The van der Waals surface area contributed by atoms with Crippen molar-refractivity contribution >= 4 is 35.5 Å². The summed E-state index contributed by atoms with van der Waals surface area (Å²) >= 11 is 0. The monoisotopic (exact) mass is 587 g/mol. The van der Waals surface area contributed by atoms with Gasteiger partial charge in [0.05, 0.1) is 19.6 Å². The van der Waals surface area contributed by atoms with Crippen LogP contribution in [-0.2, 0) is 14.4 Å². The van der Waals surface area contributed by atoms with E-state index in [-0.39, 0.29) is 49.3 Å². The van der Waals surface area contributed by atoms with Gasteiger partial charge in [0.1, 0.15) is 11.9 Å². The molecule has 232 valence electrons. The molecule has 5 aliphatic rings. The third-order valence-corrected chi connectivity index (χ3v) is 8.22. The van der Waals surface area contributed by atoms with Crippen molar-refractivity contribution in [3.63, 3.8) is 0 Å². The van der Waals surface area contributed by atoms with E-state index in [1.165, 1.54) is 0 Å². The highest BCUT2D eigenvalue weighted by molar-refractivity contribution is 6.13. The molecule has 0 aliphatic carbocycles. The summed E-state index contributed by atoms with van der Waals surface area (Å²) in [6, 6.07) is -0.592. The second-order valence-electron chi connectivity index (χ2n) is 11.5. The van der Waals surface area contributed by atoms with Crippen LogP contribution in [0.5, 0.6) is 0 Å². The Morgan fingerprint density at radius 2 is 1.12 bits per heavy atom. The summed E-state index contributed by atoms with van der Waals surface area (Å²) in [7, 11) is 5.68. The second kappa shape index (κ2) is 14.0. The number of hydrogen-bond acceptors (Lipinski definition) is 13.